The Balaban J connectivity index is 1.83. The van der Waals surface area contributed by atoms with Gasteiger partial charge in [-0.15, -0.1) is 0 Å². The van der Waals surface area contributed by atoms with Crippen LogP contribution in [-0.4, -0.2) is 74.7 Å². The van der Waals surface area contributed by atoms with Crippen molar-refractivity contribution in [3.05, 3.63) is 0 Å². The Hall–Kier alpha value is -2.64. The maximum absolute atomic E-state index is 13.5. The van der Waals surface area contributed by atoms with Crippen molar-refractivity contribution in [2.75, 3.05) is 26.4 Å². The van der Waals surface area contributed by atoms with Gasteiger partial charge in [0.15, 0.2) is 12.7 Å². The number of Topliss-reactive ketones (excluding diaryl/α,β-unsaturated/α-hetero) is 1. The zero-order valence-corrected chi connectivity index (χ0v) is 12.6. The predicted octanol–water partition coefficient (Wildman–Crippen LogP) is 0.414. The summed E-state index contributed by atoms with van der Waals surface area (Å²) in [6, 6.07) is 0. The second kappa shape index (κ2) is 7.31. The molecule has 0 aromatic rings. The van der Waals surface area contributed by atoms with E-state index >= 15 is 0 Å². The first kappa shape index (κ1) is 19.7. The molecule has 2 aliphatic heterocycles. The Morgan fingerprint density at radius 1 is 1.00 bits per heavy atom. The van der Waals surface area contributed by atoms with Crippen molar-refractivity contribution in [1.82, 2.24) is 0 Å². The van der Waals surface area contributed by atoms with E-state index in [9.17, 15) is 36.7 Å². The largest absolute Gasteiger partial charge is 0.509 e. The lowest BCUT2D eigenvalue weighted by molar-refractivity contribution is -0.351. The molecular weight excluding hydrogens is 380 g/mol. The molecule has 0 aromatic heterocycles. The summed E-state index contributed by atoms with van der Waals surface area (Å²) in [6.07, 6.45) is -10.9. The van der Waals surface area contributed by atoms with Gasteiger partial charge in [-0.1, -0.05) is 0 Å². The molecule has 2 rings (SSSR count). The molecule has 2 aliphatic rings. The number of hydrogen-bond acceptors (Lipinski definition) is 10. The molecule has 0 aromatic carbocycles. The van der Waals surface area contributed by atoms with Crippen LogP contribution in [0.4, 0.5) is 27.2 Å². The van der Waals surface area contributed by atoms with Crippen molar-refractivity contribution in [2.45, 2.75) is 24.2 Å². The van der Waals surface area contributed by atoms with E-state index in [2.05, 4.69) is 28.4 Å². The lowest BCUT2D eigenvalue weighted by Crippen LogP contribution is -2.48. The predicted molar refractivity (Wildman–Crippen MR) is 64.3 cm³/mol. The number of ketones is 1. The highest BCUT2D eigenvalue weighted by molar-refractivity contribution is 5.87. The first-order valence-corrected chi connectivity index (χ1v) is 6.77. The molecule has 0 radical (unpaired) electrons. The Kier molecular flexibility index (Phi) is 5.53. The first-order valence-electron chi connectivity index (χ1n) is 6.77. The molecule has 10 nitrogen and oxygen atoms in total. The van der Waals surface area contributed by atoms with Crippen LogP contribution in [0, 0.1) is 0 Å². The van der Waals surface area contributed by atoms with E-state index < -0.39 is 74.7 Å². The summed E-state index contributed by atoms with van der Waals surface area (Å²) in [6.45, 7) is -4.83. The number of carbonyl (C=O) groups is 4. The van der Waals surface area contributed by atoms with E-state index in [4.69, 9.17) is 0 Å². The third-order valence-electron chi connectivity index (χ3n) is 3.02. The monoisotopic (exact) mass is 390 g/mol. The third-order valence-corrected chi connectivity index (χ3v) is 3.02. The quantitative estimate of drug-likeness (QED) is 0.327. The van der Waals surface area contributed by atoms with Crippen molar-refractivity contribution in [3.8, 4) is 0 Å². The molecule has 0 bridgehead atoms. The van der Waals surface area contributed by atoms with Gasteiger partial charge in [-0.2, -0.15) is 17.6 Å². The van der Waals surface area contributed by atoms with Crippen LogP contribution in [0.3, 0.4) is 0 Å². The molecule has 14 heteroatoms. The fourth-order valence-corrected chi connectivity index (χ4v) is 1.63. The van der Waals surface area contributed by atoms with E-state index in [1.807, 2.05) is 0 Å². The number of rotatable bonds is 8. The minimum Gasteiger partial charge on any atom is -0.456 e. The fraction of sp³-hybridized carbons (Fsp3) is 0.667. The Morgan fingerprint density at radius 2 is 1.54 bits per heavy atom. The van der Waals surface area contributed by atoms with Gasteiger partial charge in [0.2, 0.25) is 11.9 Å². The second-order valence-electron chi connectivity index (χ2n) is 4.92. The summed E-state index contributed by atoms with van der Waals surface area (Å²) in [5, 5.41) is 0. The standard InChI is InChI=1S/C12H10F4O10/c13-11(14,4-23-8(18)7-3-22-10(20)26-7)12(15,16)24-1-5(17)6-2-21-9(19)25-6/h6-7H,1-4H2. The van der Waals surface area contributed by atoms with Crippen LogP contribution in [0.1, 0.15) is 0 Å². The van der Waals surface area contributed by atoms with Crippen molar-refractivity contribution in [2.24, 2.45) is 0 Å². The van der Waals surface area contributed by atoms with E-state index in [1.165, 1.54) is 0 Å². The average Bonchev–Trinajstić information content (AvgIpc) is 3.19. The number of halogens is 4. The van der Waals surface area contributed by atoms with Crippen LogP contribution < -0.4 is 0 Å². The zero-order chi connectivity index (χ0) is 19.5. The van der Waals surface area contributed by atoms with Crippen LogP contribution in [0.15, 0.2) is 0 Å². The van der Waals surface area contributed by atoms with Crippen LogP contribution in [0.25, 0.3) is 0 Å². The Morgan fingerprint density at radius 3 is 2.04 bits per heavy atom. The number of cyclic esters (lactones) is 4. The van der Waals surface area contributed by atoms with Crippen molar-refractivity contribution in [3.63, 3.8) is 0 Å². The number of ether oxygens (including phenoxy) is 6. The summed E-state index contributed by atoms with van der Waals surface area (Å²) >= 11 is 0. The molecule has 2 unspecified atom stereocenters. The van der Waals surface area contributed by atoms with Crippen LogP contribution in [0.2, 0.25) is 0 Å². The summed E-state index contributed by atoms with van der Waals surface area (Å²) < 4.78 is 78.4. The lowest BCUT2D eigenvalue weighted by Gasteiger charge is -2.25. The van der Waals surface area contributed by atoms with E-state index in [0.29, 0.717) is 0 Å². The van der Waals surface area contributed by atoms with Crippen molar-refractivity contribution in [1.29, 1.82) is 0 Å². The zero-order valence-electron chi connectivity index (χ0n) is 12.6. The van der Waals surface area contributed by atoms with Gasteiger partial charge in [-0.05, 0) is 0 Å². The summed E-state index contributed by atoms with van der Waals surface area (Å²) in [5.74, 6) is -7.79. The lowest BCUT2D eigenvalue weighted by atomic mass is 10.2. The molecule has 0 spiro atoms. The second-order valence-corrected chi connectivity index (χ2v) is 4.92. The summed E-state index contributed by atoms with van der Waals surface area (Å²) in [5.41, 5.74) is 0. The minimum absolute atomic E-state index is 0.567. The van der Waals surface area contributed by atoms with E-state index in [1.54, 1.807) is 0 Å². The smallest absolute Gasteiger partial charge is 0.456 e. The molecule has 26 heavy (non-hydrogen) atoms. The van der Waals surface area contributed by atoms with Crippen molar-refractivity contribution < 1.29 is 65.2 Å². The summed E-state index contributed by atoms with van der Waals surface area (Å²) in [4.78, 5) is 43.9. The van der Waals surface area contributed by atoms with E-state index in [-0.39, 0.29) is 0 Å². The van der Waals surface area contributed by atoms with E-state index in [0.717, 1.165) is 0 Å². The van der Waals surface area contributed by atoms with Gasteiger partial charge >= 0.3 is 30.3 Å². The summed E-state index contributed by atoms with van der Waals surface area (Å²) in [7, 11) is 0. The molecule has 0 N–H and O–H groups in total. The molecule has 0 saturated carbocycles. The molecular formula is C12H10F4O10. The van der Waals surface area contributed by atoms with Gasteiger partial charge in [-0.3, -0.25) is 4.79 Å². The SMILES string of the molecule is O=C1OCC(C(=O)COC(F)(F)C(F)(F)COC(=O)C2COC(=O)O2)O1. The maximum atomic E-state index is 13.5. The van der Waals surface area contributed by atoms with Gasteiger partial charge in [-0.25, -0.2) is 14.4 Å². The number of esters is 1. The maximum Gasteiger partial charge on any atom is 0.509 e. The van der Waals surface area contributed by atoms with Gasteiger partial charge in [0, 0.05) is 0 Å². The van der Waals surface area contributed by atoms with Crippen LogP contribution in [0.5, 0.6) is 0 Å². The third kappa shape index (κ3) is 4.50. The number of hydrogen-bond donors (Lipinski definition) is 0. The van der Waals surface area contributed by atoms with Crippen LogP contribution >= 0.6 is 0 Å². The molecule has 2 atom stereocenters. The first-order chi connectivity index (χ1) is 12.0. The molecule has 0 amide bonds. The highest BCUT2D eigenvalue weighted by Crippen LogP contribution is 2.35. The van der Waals surface area contributed by atoms with Crippen molar-refractivity contribution >= 4 is 24.1 Å². The molecule has 2 heterocycles. The Labute approximate surface area is 141 Å². The highest BCUT2D eigenvalue weighted by Gasteiger charge is 2.59. The van der Waals surface area contributed by atoms with Gasteiger partial charge < -0.3 is 28.4 Å². The minimum atomic E-state index is -5.20. The molecule has 0 aliphatic carbocycles. The Bertz CT molecular complexity index is 555. The molecule has 2 fully saturated rings. The molecule has 146 valence electrons. The number of alkyl halides is 4. The highest BCUT2D eigenvalue weighted by atomic mass is 19.3. The average molecular weight is 390 g/mol. The van der Waals surface area contributed by atoms with Gasteiger partial charge in [0.1, 0.15) is 19.8 Å². The number of carbonyl (C=O) groups excluding carboxylic acids is 4. The van der Waals surface area contributed by atoms with Gasteiger partial charge in [0.25, 0.3) is 0 Å². The fourth-order valence-electron chi connectivity index (χ4n) is 1.63. The van der Waals surface area contributed by atoms with Gasteiger partial charge in [0.05, 0.1) is 0 Å². The van der Waals surface area contributed by atoms with Crippen LogP contribution in [-0.2, 0) is 38.0 Å². The topological polar surface area (TPSA) is 124 Å². The normalized spacial score (nSPS) is 22.9. The molecule has 2 saturated heterocycles.